The zero-order chi connectivity index (χ0) is 13.0. The van der Waals surface area contributed by atoms with Crippen LogP contribution in [0.25, 0.3) is 0 Å². The van der Waals surface area contributed by atoms with Crippen LogP contribution in [0.2, 0.25) is 5.28 Å². The van der Waals surface area contributed by atoms with Crippen molar-refractivity contribution in [1.29, 1.82) is 0 Å². The van der Waals surface area contributed by atoms with Crippen LogP contribution in [0, 0.1) is 0 Å². The number of anilines is 2. The lowest BCUT2D eigenvalue weighted by molar-refractivity contribution is -0.116. The molecule has 1 aromatic rings. The van der Waals surface area contributed by atoms with Gasteiger partial charge in [-0.15, -0.1) is 0 Å². The zero-order valence-corrected chi connectivity index (χ0v) is 10.8. The number of amides is 1. The summed E-state index contributed by atoms with van der Waals surface area (Å²) in [4.78, 5) is 26.4. The second-order valence-corrected chi connectivity index (χ2v) is 3.92. The van der Waals surface area contributed by atoms with Gasteiger partial charge in [0.1, 0.15) is 0 Å². The highest BCUT2D eigenvalue weighted by Gasteiger charge is 2.14. The summed E-state index contributed by atoms with van der Waals surface area (Å²) in [5.74, 6) is 0.327. The number of nitrogens with two attached hydrogens (primary N) is 1. The van der Waals surface area contributed by atoms with Gasteiger partial charge in [-0.25, -0.2) is 0 Å². The van der Waals surface area contributed by atoms with Gasteiger partial charge in [0.05, 0.1) is 6.54 Å². The first-order valence-corrected chi connectivity index (χ1v) is 5.44. The molecule has 8 heteroatoms. The summed E-state index contributed by atoms with van der Waals surface area (Å²) in [6.45, 7) is 2.47. The maximum Gasteiger partial charge on any atom is 0.237 e. The summed E-state index contributed by atoms with van der Waals surface area (Å²) >= 11 is 5.80. The molecule has 17 heavy (non-hydrogen) atoms. The summed E-state index contributed by atoms with van der Waals surface area (Å²) in [6.07, 6.45) is 0. The van der Waals surface area contributed by atoms with Crippen molar-refractivity contribution in [2.75, 3.05) is 37.0 Å². The summed E-state index contributed by atoms with van der Waals surface area (Å²) in [6, 6.07) is 0. The van der Waals surface area contributed by atoms with Gasteiger partial charge in [-0.05, 0) is 18.5 Å². The molecule has 1 rings (SSSR count). The van der Waals surface area contributed by atoms with Crippen molar-refractivity contribution >= 4 is 29.4 Å². The third kappa shape index (κ3) is 3.70. The highest BCUT2D eigenvalue weighted by molar-refractivity contribution is 6.28. The first-order valence-electron chi connectivity index (χ1n) is 5.06. The van der Waals surface area contributed by atoms with E-state index in [1.807, 2.05) is 6.92 Å². The van der Waals surface area contributed by atoms with Gasteiger partial charge < -0.3 is 15.5 Å². The van der Waals surface area contributed by atoms with Crippen LogP contribution in [-0.2, 0) is 4.79 Å². The number of hydrogen-bond acceptors (Lipinski definition) is 6. The van der Waals surface area contributed by atoms with Gasteiger partial charge >= 0.3 is 0 Å². The highest BCUT2D eigenvalue weighted by Crippen LogP contribution is 2.14. The normalized spacial score (nSPS) is 10.1. The van der Waals surface area contributed by atoms with Crippen molar-refractivity contribution in [1.82, 2.24) is 15.0 Å². The third-order valence-electron chi connectivity index (χ3n) is 2.00. The monoisotopic (exact) mass is 258 g/mol. The number of carbonyl (C=O) groups is 1. The lowest BCUT2D eigenvalue weighted by Gasteiger charge is -2.20. The molecule has 0 aliphatic heterocycles. The van der Waals surface area contributed by atoms with Gasteiger partial charge in [-0.1, -0.05) is 0 Å². The first-order chi connectivity index (χ1) is 7.93. The van der Waals surface area contributed by atoms with E-state index in [-0.39, 0.29) is 11.8 Å². The average Bonchev–Trinajstić information content (AvgIpc) is 2.24. The Morgan fingerprint density at radius 3 is 2.35 bits per heavy atom. The SMILES string of the molecule is CCN(CC(N)=O)c1nc(Cl)nc(N(C)C)n1. The molecule has 1 amide bonds. The number of hydrogen-bond donors (Lipinski definition) is 1. The van der Waals surface area contributed by atoms with Crippen LogP contribution >= 0.6 is 11.6 Å². The second-order valence-electron chi connectivity index (χ2n) is 3.58. The van der Waals surface area contributed by atoms with Gasteiger partial charge in [0, 0.05) is 20.6 Å². The first kappa shape index (κ1) is 13.4. The molecule has 0 aliphatic rings. The summed E-state index contributed by atoms with van der Waals surface area (Å²) < 4.78 is 0. The van der Waals surface area contributed by atoms with Crippen molar-refractivity contribution in [3.05, 3.63) is 5.28 Å². The van der Waals surface area contributed by atoms with Gasteiger partial charge in [-0.3, -0.25) is 4.79 Å². The van der Waals surface area contributed by atoms with Crippen LogP contribution in [0.15, 0.2) is 0 Å². The maximum atomic E-state index is 10.9. The van der Waals surface area contributed by atoms with Crippen LogP contribution < -0.4 is 15.5 Å². The molecule has 0 aromatic carbocycles. The molecular weight excluding hydrogens is 244 g/mol. The Balaban J connectivity index is 3.06. The van der Waals surface area contributed by atoms with E-state index in [4.69, 9.17) is 17.3 Å². The molecule has 2 N–H and O–H groups in total. The Labute approximate surface area is 105 Å². The van der Waals surface area contributed by atoms with Crippen LogP contribution in [-0.4, -0.2) is 48.0 Å². The second kappa shape index (κ2) is 5.62. The summed E-state index contributed by atoms with van der Waals surface area (Å²) in [7, 11) is 3.58. The number of primary amides is 1. The fraction of sp³-hybridized carbons (Fsp3) is 0.556. The molecule has 0 saturated heterocycles. The lowest BCUT2D eigenvalue weighted by atomic mass is 10.5. The molecule has 0 fully saturated rings. The number of rotatable bonds is 5. The standard InChI is InChI=1S/C9H15ClN6O/c1-4-16(5-6(11)17)9-13-7(10)12-8(14-9)15(2)3/h4-5H2,1-3H3,(H2,11,17). The van der Waals surface area contributed by atoms with Crippen LogP contribution in [0.3, 0.4) is 0 Å². The van der Waals surface area contributed by atoms with Crippen molar-refractivity contribution in [2.24, 2.45) is 5.73 Å². The Morgan fingerprint density at radius 1 is 1.29 bits per heavy atom. The molecule has 0 atom stereocenters. The Kier molecular flexibility index (Phi) is 4.45. The van der Waals surface area contributed by atoms with Gasteiger partial charge in [0.15, 0.2) is 0 Å². The van der Waals surface area contributed by atoms with E-state index >= 15 is 0 Å². The van der Waals surface area contributed by atoms with E-state index in [0.717, 1.165) is 0 Å². The van der Waals surface area contributed by atoms with Crippen molar-refractivity contribution in [3.63, 3.8) is 0 Å². The van der Waals surface area contributed by atoms with Gasteiger partial charge in [-0.2, -0.15) is 15.0 Å². The number of nitrogens with zero attached hydrogens (tertiary/aromatic N) is 5. The number of carbonyl (C=O) groups excluding carboxylic acids is 1. The molecule has 94 valence electrons. The fourth-order valence-corrected chi connectivity index (χ4v) is 1.33. The van der Waals surface area contributed by atoms with Crippen LogP contribution in [0.1, 0.15) is 6.92 Å². The summed E-state index contributed by atoms with van der Waals surface area (Å²) in [5.41, 5.74) is 5.15. The zero-order valence-electron chi connectivity index (χ0n) is 10.0. The number of aromatic nitrogens is 3. The fourth-order valence-electron chi connectivity index (χ4n) is 1.18. The van der Waals surface area contributed by atoms with Gasteiger partial charge in [0.2, 0.25) is 23.1 Å². The molecule has 0 aliphatic carbocycles. The Hall–Kier alpha value is -1.63. The minimum absolute atomic E-state index is 0.0453. The minimum Gasteiger partial charge on any atom is -0.368 e. The van der Waals surface area contributed by atoms with E-state index in [9.17, 15) is 4.79 Å². The quantitative estimate of drug-likeness (QED) is 0.794. The summed E-state index contributed by atoms with van der Waals surface area (Å²) in [5, 5.41) is 0.0848. The minimum atomic E-state index is -0.449. The van der Waals surface area contributed by atoms with E-state index < -0.39 is 5.91 Å². The average molecular weight is 259 g/mol. The Bertz CT molecular complexity index is 410. The lowest BCUT2D eigenvalue weighted by Crippen LogP contribution is -2.35. The predicted molar refractivity (Wildman–Crippen MR) is 66.2 cm³/mol. The molecule has 1 heterocycles. The number of likely N-dealkylation sites (N-methyl/N-ethyl adjacent to an activating group) is 1. The molecule has 0 radical (unpaired) electrons. The van der Waals surface area contributed by atoms with Gasteiger partial charge in [0.25, 0.3) is 0 Å². The molecular formula is C9H15ClN6O. The van der Waals surface area contributed by atoms with Crippen molar-refractivity contribution in [3.8, 4) is 0 Å². The number of halogens is 1. The van der Waals surface area contributed by atoms with E-state index in [0.29, 0.717) is 18.4 Å². The molecule has 7 nitrogen and oxygen atoms in total. The van der Waals surface area contributed by atoms with E-state index in [2.05, 4.69) is 15.0 Å². The van der Waals surface area contributed by atoms with Crippen LogP contribution in [0.4, 0.5) is 11.9 Å². The third-order valence-corrected chi connectivity index (χ3v) is 2.16. The van der Waals surface area contributed by atoms with E-state index in [1.165, 1.54) is 0 Å². The van der Waals surface area contributed by atoms with Crippen LogP contribution in [0.5, 0.6) is 0 Å². The molecule has 0 saturated carbocycles. The topological polar surface area (TPSA) is 88.2 Å². The molecule has 0 unspecified atom stereocenters. The van der Waals surface area contributed by atoms with E-state index in [1.54, 1.807) is 23.9 Å². The van der Waals surface area contributed by atoms with Crippen molar-refractivity contribution in [2.45, 2.75) is 6.92 Å². The maximum absolute atomic E-state index is 10.9. The van der Waals surface area contributed by atoms with Crippen molar-refractivity contribution < 1.29 is 4.79 Å². The molecule has 1 aromatic heterocycles. The Morgan fingerprint density at radius 2 is 1.88 bits per heavy atom. The predicted octanol–water partition coefficient (Wildman–Crippen LogP) is -0.0974. The largest absolute Gasteiger partial charge is 0.368 e. The molecule has 0 bridgehead atoms. The smallest absolute Gasteiger partial charge is 0.237 e. The molecule has 0 spiro atoms. The highest BCUT2D eigenvalue weighted by atomic mass is 35.5.